The molecule has 0 saturated carbocycles. The van der Waals surface area contributed by atoms with E-state index in [0.29, 0.717) is 44.0 Å². The van der Waals surface area contributed by atoms with Crippen LogP contribution in [0.3, 0.4) is 0 Å². The Balaban J connectivity index is 1.21. The number of carbonyl (C=O) groups is 3. The molecular formula is C23H25FN4O4. The van der Waals surface area contributed by atoms with E-state index in [1.165, 1.54) is 24.3 Å². The molecule has 9 heteroatoms. The van der Waals surface area contributed by atoms with E-state index in [-0.39, 0.29) is 30.3 Å². The maximum Gasteiger partial charge on any atom is 0.321 e. The van der Waals surface area contributed by atoms with E-state index in [2.05, 4.69) is 5.32 Å². The van der Waals surface area contributed by atoms with Gasteiger partial charge in [0.1, 0.15) is 11.6 Å². The Bertz CT molecular complexity index is 972. The van der Waals surface area contributed by atoms with E-state index in [4.69, 9.17) is 4.74 Å². The molecule has 8 nitrogen and oxygen atoms in total. The van der Waals surface area contributed by atoms with Gasteiger partial charge in [0.15, 0.2) is 6.61 Å². The van der Waals surface area contributed by atoms with Crippen LogP contribution in [0.2, 0.25) is 0 Å². The minimum Gasteiger partial charge on any atom is -0.484 e. The first-order valence-electron chi connectivity index (χ1n) is 10.6. The standard InChI is InChI=1S/C23H25FN4O4/c24-17-3-5-18(6-4-17)25-23(31)27-14-12-26(13-15-27)22(30)16-32-20-9-7-19(8-10-20)28-11-1-2-21(28)29/h3-10H,1-2,11-16H2,(H,25,31). The molecule has 0 unspecified atom stereocenters. The van der Waals surface area contributed by atoms with Crippen LogP contribution in [0, 0.1) is 5.82 Å². The van der Waals surface area contributed by atoms with Crippen molar-refractivity contribution in [2.45, 2.75) is 12.8 Å². The van der Waals surface area contributed by atoms with Crippen molar-refractivity contribution in [3.8, 4) is 5.75 Å². The van der Waals surface area contributed by atoms with E-state index in [9.17, 15) is 18.8 Å². The molecule has 2 aromatic carbocycles. The molecule has 0 atom stereocenters. The molecule has 0 aliphatic carbocycles. The van der Waals surface area contributed by atoms with Crippen LogP contribution < -0.4 is 15.0 Å². The van der Waals surface area contributed by atoms with Gasteiger partial charge in [0.05, 0.1) is 0 Å². The number of benzene rings is 2. The Morgan fingerprint density at radius 2 is 1.56 bits per heavy atom. The summed E-state index contributed by atoms with van der Waals surface area (Å²) in [5, 5.41) is 2.72. The summed E-state index contributed by atoms with van der Waals surface area (Å²) in [5.41, 5.74) is 1.35. The number of urea groups is 1. The van der Waals surface area contributed by atoms with Gasteiger partial charge in [0, 0.05) is 50.5 Å². The van der Waals surface area contributed by atoms with Crippen LogP contribution in [0.1, 0.15) is 12.8 Å². The first-order valence-corrected chi connectivity index (χ1v) is 10.6. The Labute approximate surface area is 185 Å². The maximum atomic E-state index is 13.0. The predicted molar refractivity (Wildman–Crippen MR) is 117 cm³/mol. The minimum absolute atomic E-state index is 0.0935. The van der Waals surface area contributed by atoms with E-state index >= 15 is 0 Å². The summed E-state index contributed by atoms with van der Waals surface area (Å²) in [6.07, 6.45) is 1.45. The Morgan fingerprint density at radius 3 is 2.19 bits per heavy atom. The zero-order valence-electron chi connectivity index (χ0n) is 17.6. The Morgan fingerprint density at radius 1 is 0.906 bits per heavy atom. The van der Waals surface area contributed by atoms with Gasteiger partial charge < -0.3 is 24.8 Å². The third kappa shape index (κ3) is 5.16. The van der Waals surface area contributed by atoms with Gasteiger partial charge in [0.25, 0.3) is 5.91 Å². The molecule has 2 aliphatic heterocycles. The summed E-state index contributed by atoms with van der Waals surface area (Å²) in [7, 11) is 0. The summed E-state index contributed by atoms with van der Waals surface area (Å²) < 4.78 is 18.6. The fourth-order valence-corrected chi connectivity index (χ4v) is 3.77. The summed E-state index contributed by atoms with van der Waals surface area (Å²) in [5.74, 6) is 0.169. The average Bonchev–Trinajstić information content (AvgIpc) is 3.25. The number of hydrogen-bond donors (Lipinski definition) is 1. The maximum absolute atomic E-state index is 13.0. The highest BCUT2D eigenvalue weighted by molar-refractivity contribution is 5.95. The largest absolute Gasteiger partial charge is 0.484 e. The molecule has 168 valence electrons. The van der Waals surface area contributed by atoms with Gasteiger partial charge in [-0.05, 0) is 55.0 Å². The lowest BCUT2D eigenvalue weighted by molar-refractivity contribution is -0.134. The van der Waals surface area contributed by atoms with Crippen molar-refractivity contribution in [1.29, 1.82) is 0 Å². The molecule has 0 spiro atoms. The van der Waals surface area contributed by atoms with E-state index in [1.54, 1.807) is 26.8 Å². The van der Waals surface area contributed by atoms with Gasteiger partial charge in [-0.1, -0.05) is 0 Å². The summed E-state index contributed by atoms with van der Waals surface area (Å²) in [4.78, 5) is 41.7. The van der Waals surface area contributed by atoms with Crippen molar-refractivity contribution in [2.75, 3.05) is 49.5 Å². The van der Waals surface area contributed by atoms with E-state index in [1.807, 2.05) is 12.1 Å². The molecule has 2 heterocycles. The number of piperazine rings is 1. The topological polar surface area (TPSA) is 82.2 Å². The normalized spacial score (nSPS) is 16.3. The molecule has 4 amide bonds. The average molecular weight is 440 g/mol. The molecule has 2 aliphatic rings. The molecule has 32 heavy (non-hydrogen) atoms. The van der Waals surface area contributed by atoms with Gasteiger partial charge in [-0.2, -0.15) is 0 Å². The lowest BCUT2D eigenvalue weighted by Crippen LogP contribution is -2.52. The predicted octanol–water partition coefficient (Wildman–Crippen LogP) is 2.71. The number of nitrogens with one attached hydrogen (secondary N) is 1. The number of carbonyl (C=O) groups excluding carboxylic acids is 3. The molecule has 2 saturated heterocycles. The fourth-order valence-electron chi connectivity index (χ4n) is 3.77. The monoisotopic (exact) mass is 440 g/mol. The van der Waals surface area contributed by atoms with Gasteiger partial charge in [-0.3, -0.25) is 9.59 Å². The SMILES string of the molecule is O=C(COc1ccc(N2CCCC2=O)cc1)N1CCN(C(=O)Nc2ccc(F)cc2)CC1. The van der Waals surface area contributed by atoms with Crippen molar-refractivity contribution < 1.29 is 23.5 Å². The van der Waals surface area contributed by atoms with E-state index in [0.717, 1.165) is 18.7 Å². The molecule has 0 aromatic heterocycles. The lowest BCUT2D eigenvalue weighted by Gasteiger charge is -2.34. The smallest absolute Gasteiger partial charge is 0.321 e. The number of ether oxygens (including phenoxy) is 1. The van der Waals surface area contributed by atoms with Crippen LogP contribution in [-0.4, -0.2) is 67.0 Å². The third-order valence-electron chi connectivity index (χ3n) is 5.60. The van der Waals surface area contributed by atoms with Crippen LogP contribution in [0.5, 0.6) is 5.75 Å². The van der Waals surface area contributed by atoms with Crippen LogP contribution in [-0.2, 0) is 9.59 Å². The van der Waals surface area contributed by atoms with Crippen molar-refractivity contribution in [3.05, 3.63) is 54.3 Å². The molecule has 2 aromatic rings. The highest BCUT2D eigenvalue weighted by Crippen LogP contribution is 2.24. The van der Waals surface area contributed by atoms with E-state index < -0.39 is 0 Å². The number of hydrogen-bond acceptors (Lipinski definition) is 4. The summed E-state index contributed by atoms with van der Waals surface area (Å²) in [6, 6.07) is 12.4. The zero-order valence-corrected chi connectivity index (χ0v) is 17.6. The minimum atomic E-state index is -0.366. The van der Waals surface area contributed by atoms with Crippen LogP contribution in [0.4, 0.5) is 20.6 Å². The number of anilines is 2. The second kappa shape index (κ2) is 9.67. The van der Waals surface area contributed by atoms with Crippen LogP contribution >= 0.6 is 0 Å². The summed E-state index contributed by atoms with van der Waals surface area (Å²) in [6.45, 7) is 2.26. The molecule has 2 fully saturated rings. The zero-order chi connectivity index (χ0) is 22.5. The third-order valence-corrected chi connectivity index (χ3v) is 5.60. The summed E-state index contributed by atoms with van der Waals surface area (Å²) >= 11 is 0. The second-order valence-corrected chi connectivity index (χ2v) is 7.74. The van der Waals surface area contributed by atoms with Crippen LogP contribution in [0.15, 0.2) is 48.5 Å². The Hall–Kier alpha value is -3.62. The van der Waals surface area contributed by atoms with Crippen molar-refractivity contribution in [1.82, 2.24) is 9.80 Å². The first kappa shape index (κ1) is 21.6. The number of halogens is 1. The molecule has 0 bridgehead atoms. The highest BCUT2D eigenvalue weighted by atomic mass is 19.1. The number of nitrogens with zero attached hydrogens (tertiary/aromatic N) is 3. The van der Waals surface area contributed by atoms with Crippen molar-refractivity contribution in [3.63, 3.8) is 0 Å². The number of amides is 4. The van der Waals surface area contributed by atoms with Crippen molar-refractivity contribution in [2.24, 2.45) is 0 Å². The first-order chi connectivity index (χ1) is 15.5. The Kier molecular flexibility index (Phi) is 6.53. The van der Waals surface area contributed by atoms with Gasteiger partial charge >= 0.3 is 6.03 Å². The van der Waals surface area contributed by atoms with Crippen LogP contribution in [0.25, 0.3) is 0 Å². The molecule has 4 rings (SSSR count). The van der Waals surface area contributed by atoms with Gasteiger partial charge in [-0.25, -0.2) is 9.18 Å². The van der Waals surface area contributed by atoms with Gasteiger partial charge in [-0.15, -0.1) is 0 Å². The highest BCUT2D eigenvalue weighted by Gasteiger charge is 2.25. The van der Waals surface area contributed by atoms with Crippen molar-refractivity contribution >= 4 is 29.2 Å². The second-order valence-electron chi connectivity index (χ2n) is 7.74. The fraction of sp³-hybridized carbons (Fsp3) is 0.348. The quantitative estimate of drug-likeness (QED) is 0.775. The molecular weight excluding hydrogens is 415 g/mol. The molecule has 0 radical (unpaired) electrons. The molecule has 1 N–H and O–H groups in total. The number of rotatable bonds is 5. The lowest BCUT2D eigenvalue weighted by atomic mass is 10.3. The van der Waals surface area contributed by atoms with Gasteiger partial charge in [0.2, 0.25) is 5.91 Å².